The maximum absolute atomic E-state index is 12.6. The van der Waals surface area contributed by atoms with Gasteiger partial charge in [-0.3, -0.25) is 4.79 Å². The maximum Gasteiger partial charge on any atom is 0.264 e. The zero-order valence-corrected chi connectivity index (χ0v) is 19.9. The number of benzene rings is 2. The van der Waals surface area contributed by atoms with Crippen LogP contribution in [-0.2, 0) is 4.79 Å². The van der Waals surface area contributed by atoms with E-state index in [1.807, 2.05) is 18.2 Å². The van der Waals surface area contributed by atoms with Gasteiger partial charge in [-0.25, -0.2) is 4.99 Å². The third-order valence-electron chi connectivity index (χ3n) is 6.06. The van der Waals surface area contributed by atoms with Gasteiger partial charge in [-0.15, -0.1) is 0 Å². The van der Waals surface area contributed by atoms with Crippen molar-refractivity contribution >= 4 is 45.9 Å². The van der Waals surface area contributed by atoms with Crippen LogP contribution in [-0.4, -0.2) is 23.2 Å². The molecule has 0 aliphatic carbocycles. The Morgan fingerprint density at radius 3 is 2.68 bits per heavy atom. The van der Waals surface area contributed by atoms with Crippen LogP contribution in [0.1, 0.15) is 49.9 Å². The quantitative estimate of drug-likeness (QED) is 0.587. The number of hydrogen-bond donors (Lipinski definition) is 1. The standard InChI is InChI=1S/C26H29N3OS/c1-7-29-22-12-11-19(13-20(22)17(3)15-26(29,5)6)14-23-24(30)28-25(31-23)27-21-10-8-9-16(2)18(21)4/h8-15H,7H2,1-6H3,(H,27,28,30)/b23-14+. The van der Waals surface area contributed by atoms with Crippen LogP contribution in [0.15, 0.2) is 52.4 Å². The zero-order chi connectivity index (χ0) is 22.3. The lowest BCUT2D eigenvalue weighted by atomic mass is 9.88. The highest BCUT2D eigenvalue weighted by Crippen LogP contribution is 2.39. The van der Waals surface area contributed by atoms with Crippen LogP contribution < -0.4 is 10.2 Å². The van der Waals surface area contributed by atoms with Crippen molar-refractivity contribution in [3.8, 4) is 0 Å². The van der Waals surface area contributed by atoms with Crippen molar-refractivity contribution in [1.29, 1.82) is 0 Å². The molecule has 4 rings (SSSR count). The molecule has 0 saturated carbocycles. The lowest BCUT2D eigenvalue weighted by molar-refractivity contribution is -0.115. The fourth-order valence-electron chi connectivity index (χ4n) is 4.37. The number of anilines is 1. The molecule has 2 aromatic rings. The second-order valence-electron chi connectivity index (χ2n) is 8.70. The molecule has 160 valence electrons. The Hall–Kier alpha value is -2.79. The van der Waals surface area contributed by atoms with E-state index in [0.29, 0.717) is 10.1 Å². The number of amidine groups is 1. The van der Waals surface area contributed by atoms with Gasteiger partial charge in [0.15, 0.2) is 5.17 Å². The molecule has 1 N–H and O–H groups in total. The van der Waals surface area contributed by atoms with E-state index in [1.54, 1.807) is 0 Å². The summed E-state index contributed by atoms with van der Waals surface area (Å²) >= 11 is 1.39. The Labute approximate surface area is 189 Å². The molecule has 4 nitrogen and oxygen atoms in total. The molecule has 31 heavy (non-hydrogen) atoms. The molecule has 2 aromatic carbocycles. The van der Waals surface area contributed by atoms with Crippen molar-refractivity contribution in [2.24, 2.45) is 4.99 Å². The highest BCUT2D eigenvalue weighted by molar-refractivity contribution is 8.18. The number of amides is 1. The number of allylic oxidation sites excluding steroid dienone is 1. The SMILES string of the molecule is CCN1c2ccc(/C=C3/SC(=Nc4cccc(C)c4C)NC3=O)cc2C(C)=CC1(C)C. The van der Waals surface area contributed by atoms with Gasteiger partial charge in [-0.1, -0.05) is 24.3 Å². The smallest absolute Gasteiger partial charge is 0.264 e. The molecule has 5 heteroatoms. The zero-order valence-electron chi connectivity index (χ0n) is 19.0. The first-order valence-corrected chi connectivity index (χ1v) is 11.5. The topological polar surface area (TPSA) is 44.7 Å². The molecular weight excluding hydrogens is 402 g/mol. The Morgan fingerprint density at radius 2 is 1.94 bits per heavy atom. The van der Waals surface area contributed by atoms with Gasteiger partial charge < -0.3 is 10.2 Å². The Kier molecular flexibility index (Phi) is 5.56. The van der Waals surface area contributed by atoms with Crippen LogP contribution in [0.5, 0.6) is 0 Å². The average molecular weight is 432 g/mol. The normalized spacial score (nSPS) is 20.1. The van der Waals surface area contributed by atoms with Crippen LogP contribution in [0.4, 0.5) is 11.4 Å². The number of thioether (sulfide) groups is 1. The molecule has 2 aliphatic rings. The monoisotopic (exact) mass is 431 g/mol. The maximum atomic E-state index is 12.6. The molecule has 0 atom stereocenters. The van der Waals surface area contributed by atoms with Gasteiger partial charge in [0.05, 0.1) is 16.1 Å². The number of aliphatic imine (C=N–C) groups is 1. The van der Waals surface area contributed by atoms with Gasteiger partial charge in [-0.2, -0.15) is 0 Å². The van der Waals surface area contributed by atoms with Crippen molar-refractivity contribution in [3.63, 3.8) is 0 Å². The van der Waals surface area contributed by atoms with Crippen molar-refractivity contribution in [1.82, 2.24) is 5.32 Å². The fourth-order valence-corrected chi connectivity index (χ4v) is 5.20. The molecule has 2 heterocycles. The number of rotatable bonds is 3. The van der Waals surface area contributed by atoms with Crippen molar-refractivity contribution in [2.45, 2.75) is 47.1 Å². The number of aryl methyl sites for hydroxylation is 1. The summed E-state index contributed by atoms with van der Waals surface area (Å²) in [5, 5.41) is 3.53. The van der Waals surface area contributed by atoms with E-state index in [4.69, 9.17) is 0 Å². The molecule has 0 radical (unpaired) electrons. The second kappa shape index (κ2) is 8.04. The Bertz CT molecular complexity index is 1160. The largest absolute Gasteiger partial charge is 0.363 e. The van der Waals surface area contributed by atoms with Gasteiger partial charge in [0.25, 0.3) is 5.91 Å². The molecular formula is C26H29N3OS. The number of carbonyl (C=O) groups is 1. The molecule has 1 saturated heterocycles. The highest BCUT2D eigenvalue weighted by Gasteiger charge is 2.30. The first kappa shape index (κ1) is 21.4. The summed E-state index contributed by atoms with van der Waals surface area (Å²) in [7, 11) is 0. The first-order chi connectivity index (χ1) is 14.7. The Morgan fingerprint density at radius 1 is 1.16 bits per heavy atom. The van der Waals surface area contributed by atoms with Crippen molar-refractivity contribution in [3.05, 3.63) is 69.6 Å². The number of carbonyl (C=O) groups excluding carboxylic acids is 1. The number of nitrogens with zero attached hydrogens (tertiary/aromatic N) is 2. The number of nitrogens with one attached hydrogen (secondary N) is 1. The third-order valence-corrected chi connectivity index (χ3v) is 6.97. The minimum atomic E-state index is -0.102. The predicted octanol–water partition coefficient (Wildman–Crippen LogP) is 6.22. The lowest BCUT2D eigenvalue weighted by Gasteiger charge is -2.42. The van der Waals surface area contributed by atoms with Crippen LogP contribution in [0.2, 0.25) is 0 Å². The molecule has 0 bridgehead atoms. The van der Waals surface area contributed by atoms with Crippen LogP contribution in [0.3, 0.4) is 0 Å². The van der Waals surface area contributed by atoms with Gasteiger partial charge in [0.1, 0.15) is 0 Å². The summed E-state index contributed by atoms with van der Waals surface area (Å²) in [5.41, 5.74) is 7.96. The van der Waals surface area contributed by atoms with E-state index >= 15 is 0 Å². The fraction of sp³-hybridized carbons (Fsp3) is 0.308. The van der Waals surface area contributed by atoms with E-state index in [0.717, 1.165) is 23.4 Å². The first-order valence-electron chi connectivity index (χ1n) is 10.7. The van der Waals surface area contributed by atoms with Crippen LogP contribution >= 0.6 is 11.8 Å². The van der Waals surface area contributed by atoms with Crippen molar-refractivity contribution < 1.29 is 4.79 Å². The molecule has 1 amide bonds. The van der Waals surface area contributed by atoms with Gasteiger partial charge in [0, 0.05) is 17.8 Å². The number of fused-ring (bicyclic) bond motifs is 1. The number of likely N-dealkylation sites (N-methyl/N-ethyl adjacent to an activating group) is 1. The minimum absolute atomic E-state index is 0.00765. The summed E-state index contributed by atoms with van der Waals surface area (Å²) in [6, 6.07) is 12.5. The summed E-state index contributed by atoms with van der Waals surface area (Å²) in [4.78, 5) is 20.3. The Balaban J connectivity index is 1.64. The average Bonchev–Trinajstić information content (AvgIpc) is 3.04. The second-order valence-corrected chi connectivity index (χ2v) is 9.73. The molecule has 1 fully saturated rings. The van der Waals surface area contributed by atoms with Gasteiger partial charge in [0.2, 0.25) is 0 Å². The minimum Gasteiger partial charge on any atom is -0.363 e. The number of hydrogen-bond acceptors (Lipinski definition) is 4. The van der Waals surface area contributed by atoms with Gasteiger partial charge in [-0.05, 0) is 99.8 Å². The molecule has 0 aromatic heterocycles. The van der Waals surface area contributed by atoms with Crippen LogP contribution in [0, 0.1) is 13.8 Å². The van der Waals surface area contributed by atoms with E-state index in [9.17, 15) is 4.79 Å². The lowest BCUT2D eigenvalue weighted by Crippen LogP contribution is -2.44. The van der Waals surface area contributed by atoms with Crippen LogP contribution in [0.25, 0.3) is 11.6 Å². The van der Waals surface area contributed by atoms with Gasteiger partial charge >= 0.3 is 0 Å². The van der Waals surface area contributed by atoms with E-state index in [1.165, 1.54) is 34.1 Å². The van der Waals surface area contributed by atoms with E-state index in [2.05, 4.69) is 87.1 Å². The molecule has 2 aliphatic heterocycles. The molecule has 0 unspecified atom stereocenters. The third kappa shape index (κ3) is 4.07. The summed E-state index contributed by atoms with van der Waals surface area (Å²) in [5.74, 6) is -0.102. The van der Waals surface area contributed by atoms with Crippen molar-refractivity contribution in [2.75, 3.05) is 11.4 Å². The summed E-state index contributed by atoms with van der Waals surface area (Å²) in [6.07, 6.45) is 4.27. The predicted molar refractivity (Wildman–Crippen MR) is 134 cm³/mol. The summed E-state index contributed by atoms with van der Waals surface area (Å²) < 4.78 is 0. The molecule has 0 spiro atoms. The van der Waals surface area contributed by atoms with E-state index < -0.39 is 0 Å². The van der Waals surface area contributed by atoms with E-state index in [-0.39, 0.29) is 11.4 Å². The summed E-state index contributed by atoms with van der Waals surface area (Å²) in [6.45, 7) is 13.9. The highest BCUT2D eigenvalue weighted by atomic mass is 32.2.